The second kappa shape index (κ2) is 12.2. The van der Waals surface area contributed by atoms with Crippen LogP contribution in [0, 0.1) is 0 Å². The maximum absolute atomic E-state index is 13.0. The molecule has 1 aliphatic heterocycles. The van der Waals surface area contributed by atoms with E-state index in [2.05, 4.69) is 39.8 Å². The molecule has 0 N–H and O–H groups in total. The highest BCUT2D eigenvalue weighted by atomic mass is 32.2. The molecule has 3 rings (SSSR count). The molecule has 0 aromatic heterocycles. The second-order valence-corrected chi connectivity index (χ2v) is 12.7. The molecule has 0 bridgehead atoms. The van der Waals surface area contributed by atoms with Crippen LogP contribution in [0.15, 0.2) is 41.3 Å². The molecule has 196 valence electrons. The van der Waals surface area contributed by atoms with Crippen molar-refractivity contribution < 1.29 is 17.9 Å². The molecule has 0 aliphatic carbocycles. The average molecular weight is 511 g/mol. The third-order valence-corrected chi connectivity index (χ3v) is 9.04. The monoisotopic (exact) mass is 510 g/mol. The van der Waals surface area contributed by atoms with E-state index >= 15 is 0 Å². The molecule has 0 fully saturated rings. The number of ether oxygens (including phenoxy) is 1. The van der Waals surface area contributed by atoms with E-state index in [9.17, 15) is 13.2 Å². The van der Waals surface area contributed by atoms with Crippen molar-refractivity contribution in [2.24, 2.45) is 0 Å². The predicted molar refractivity (Wildman–Crippen MR) is 149 cm³/mol. The number of allylic oxidation sites excluding steroid dienone is 1. The summed E-state index contributed by atoms with van der Waals surface area (Å²) in [5.41, 5.74) is 5.62. The summed E-state index contributed by atoms with van der Waals surface area (Å²) in [6.45, 7) is 10.8. The number of rotatable bonds is 11. The molecule has 0 amide bonds. The lowest BCUT2D eigenvalue weighted by molar-refractivity contribution is 0.0526. The molecule has 0 spiro atoms. The van der Waals surface area contributed by atoms with E-state index in [1.165, 1.54) is 25.7 Å². The van der Waals surface area contributed by atoms with Gasteiger partial charge in [-0.05, 0) is 90.6 Å². The van der Waals surface area contributed by atoms with E-state index in [4.69, 9.17) is 4.74 Å². The maximum atomic E-state index is 13.0. The topological polar surface area (TPSA) is 60.4 Å². The lowest BCUT2D eigenvalue weighted by Crippen LogP contribution is -2.30. The molecule has 0 unspecified atom stereocenters. The normalized spacial score (nSPS) is 16.4. The van der Waals surface area contributed by atoms with E-state index in [0.29, 0.717) is 23.5 Å². The third kappa shape index (κ3) is 6.88. The Morgan fingerprint density at radius 1 is 1.00 bits per heavy atom. The SMILES string of the molecule is CCCCCCCCc1cc2c(cc1/C(C)=C/c1ccc(C(=O)OCC)cc1)C(C)(C)CCS2(=O)=O. The fourth-order valence-corrected chi connectivity index (χ4v) is 6.96. The Kier molecular flexibility index (Phi) is 9.57. The van der Waals surface area contributed by atoms with Gasteiger partial charge >= 0.3 is 5.97 Å². The minimum absolute atomic E-state index is 0.185. The zero-order chi connectivity index (χ0) is 26.3. The van der Waals surface area contributed by atoms with Crippen LogP contribution in [0.25, 0.3) is 11.6 Å². The summed E-state index contributed by atoms with van der Waals surface area (Å²) in [7, 11) is -3.26. The van der Waals surface area contributed by atoms with Crippen LogP contribution >= 0.6 is 0 Å². The molecule has 36 heavy (non-hydrogen) atoms. The molecule has 2 aromatic carbocycles. The van der Waals surface area contributed by atoms with Gasteiger partial charge in [-0.1, -0.05) is 71.1 Å². The lowest BCUT2D eigenvalue weighted by atomic mass is 9.79. The van der Waals surface area contributed by atoms with Gasteiger partial charge in [0.2, 0.25) is 0 Å². The number of unbranched alkanes of at least 4 members (excludes halogenated alkanes) is 5. The average Bonchev–Trinajstić information content (AvgIpc) is 2.84. The van der Waals surface area contributed by atoms with Crippen LogP contribution in [0.1, 0.15) is 112 Å². The van der Waals surface area contributed by atoms with E-state index in [1.54, 1.807) is 19.1 Å². The van der Waals surface area contributed by atoms with Gasteiger partial charge in [0.25, 0.3) is 0 Å². The Hall–Kier alpha value is -2.40. The van der Waals surface area contributed by atoms with E-state index < -0.39 is 9.84 Å². The molecule has 2 aromatic rings. The van der Waals surface area contributed by atoms with Crippen LogP contribution in [0.4, 0.5) is 0 Å². The van der Waals surface area contributed by atoms with Gasteiger partial charge in [-0.25, -0.2) is 13.2 Å². The molecule has 1 aliphatic rings. The number of aryl methyl sites for hydroxylation is 1. The Labute approximate surface area is 218 Å². The number of carbonyl (C=O) groups is 1. The molecule has 0 atom stereocenters. The molecule has 1 heterocycles. The number of hydrogen-bond acceptors (Lipinski definition) is 4. The van der Waals surface area contributed by atoms with Crippen LogP contribution in [-0.4, -0.2) is 26.7 Å². The zero-order valence-electron chi connectivity index (χ0n) is 22.7. The van der Waals surface area contributed by atoms with Crippen molar-refractivity contribution in [3.05, 3.63) is 64.2 Å². The maximum Gasteiger partial charge on any atom is 0.338 e. The molecule has 0 radical (unpaired) electrons. The van der Waals surface area contributed by atoms with Crippen LogP contribution in [-0.2, 0) is 26.4 Å². The smallest absolute Gasteiger partial charge is 0.338 e. The van der Waals surface area contributed by atoms with Crippen LogP contribution in [0.2, 0.25) is 0 Å². The first-order valence-electron chi connectivity index (χ1n) is 13.4. The Bertz CT molecular complexity index is 1190. The molecule has 0 saturated heterocycles. The zero-order valence-corrected chi connectivity index (χ0v) is 23.5. The molecular formula is C31H42O4S. The first kappa shape index (κ1) is 28.2. The number of sulfone groups is 1. The van der Waals surface area contributed by atoms with Crippen molar-refractivity contribution in [1.82, 2.24) is 0 Å². The van der Waals surface area contributed by atoms with Crippen LogP contribution in [0.5, 0.6) is 0 Å². The molecule has 4 nitrogen and oxygen atoms in total. The minimum atomic E-state index is -3.26. The van der Waals surface area contributed by atoms with Gasteiger partial charge in [-0.3, -0.25) is 0 Å². The number of carbonyl (C=O) groups excluding carboxylic acids is 1. The summed E-state index contributed by atoms with van der Waals surface area (Å²) >= 11 is 0. The summed E-state index contributed by atoms with van der Waals surface area (Å²) in [5, 5.41) is 0. The molecular weight excluding hydrogens is 468 g/mol. The lowest BCUT2D eigenvalue weighted by Gasteiger charge is -2.33. The minimum Gasteiger partial charge on any atom is -0.462 e. The van der Waals surface area contributed by atoms with Gasteiger partial charge in [0.1, 0.15) is 0 Å². The quantitative estimate of drug-likeness (QED) is 0.176. The summed E-state index contributed by atoms with van der Waals surface area (Å²) in [6.07, 6.45) is 10.8. The fraction of sp³-hybridized carbons (Fsp3) is 0.516. The Morgan fingerprint density at radius 3 is 2.33 bits per heavy atom. The van der Waals surface area contributed by atoms with Crippen LogP contribution in [0.3, 0.4) is 0 Å². The van der Waals surface area contributed by atoms with E-state index in [-0.39, 0.29) is 17.1 Å². The van der Waals surface area contributed by atoms with Gasteiger partial charge in [-0.2, -0.15) is 0 Å². The summed E-state index contributed by atoms with van der Waals surface area (Å²) in [5.74, 6) is -0.103. The van der Waals surface area contributed by atoms with Crippen molar-refractivity contribution in [3.63, 3.8) is 0 Å². The Balaban J connectivity index is 1.96. The third-order valence-electron chi connectivity index (χ3n) is 7.29. The number of esters is 1. The summed E-state index contributed by atoms with van der Waals surface area (Å²) in [6, 6.07) is 11.5. The highest BCUT2D eigenvalue weighted by Gasteiger charge is 2.36. The number of fused-ring (bicyclic) bond motifs is 1. The second-order valence-electron chi connectivity index (χ2n) is 10.6. The predicted octanol–water partition coefficient (Wildman–Crippen LogP) is 7.78. The largest absolute Gasteiger partial charge is 0.462 e. The van der Waals surface area contributed by atoms with Crippen molar-refractivity contribution in [2.45, 2.75) is 96.3 Å². The highest BCUT2D eigenvalue weighted by Crippen LogP contribution is 2.41. The Morgan fingerprint density at radius 2 is 1.67 bits per heavy atom. The van der Waals surface area contributed by atoms with Gasteiger partial charge in [0, 0.05) is 0 Å². The number of hydrogen-bond donors (Lipinski definition) is 0. The highest BCUT2D eigenvalue weighted by molar-refractivity contribution is 7.91. The van der Waals surface area contributed by atoms with Crippen molar-refractivity contribution in [2.75, 3.05) is 12.4 Å². The van der Waals surface area contributed by atoms with E-state index in [0.717, 1.165) is 47.1 Å². The number of benzene rings is 2. The van der Waals surface area contributed by atoms with Crippen LogP contribution < -0.4 is 0 Å². The van der Waals surface area contributed by atoms with Crippen molar-refractivity contribution >= 4 is 27.5 Å². The van der Waals surface area contributed by atoms with Gasteiger partial charge < -0.3 is 4.74 Å². The van der Waals surface area contributed by atoms with Crippen molar-refractivity contribution in [3.8, 4) is 0 Å². The van der Waals surface area contributed by atoms with Gasteiger partial charge in [0.15, 0.2) is 9.84 Å². The molecule has 5 heteroatoms. The van der Waals surface area contributed by atoms with Crippen molar-refractivity contribution in [1.29, 1.82) is 0 Å². The first-order chi connectivity index (χ1) is 17.1. The summed E-state index contributed by atoms with van der Waals surface area (Å²) < 4.78 is 31.1. The summed E-state index contributed by atoms with van der Waals surface area (Å²) in [4.78, 5) is 12.5. The fourth-order valence-electron chi connectivity index (χ4n) is 4.97. The standard InChI is InChI=1S/C31H42O4S/c1-6-8-9-10-11-12-13-26-21-29-28(31(4,5)18-19-36(29,33)34)22-27(26)23(3)20-24-14-16-25(17-15-24)30(32)35-7-2/h14-17,20-22H,6-13,18-19H2,1-5H3/b23-20+. The molecule has 0 saturated carbocycles. The first-order valence-corrected chi connectivity index (χ1v) is 15.1. The van der Waals surface area contributed by atoms with E-state index in [1.807, 2.05) is 18.2 Å². The van der Waals surface area contributed by atoms with Gasteiger partial charge in [-0.15, -0.1) is 0 Å². The van der Waals surface area contributed by atoms with Gasteiger partial charge in [0.05, 0.1) is 22.8 Å².